The number of nitrogens with zero attached hydrogens (tertiary/aromatic N) is 6. The molecule has 5 rings (SSSR count). The molecule has 0 saturated carbocycles. The second kappa shape index (κ2) is 11.3. The van der Waals surface area contributed by atoms with E-state index in [0.29, 0.717) is 11.3 Å². The highest BCUT2D eigenvalue weighted by Crippen LogP contribution is 2.41. The molecule has 40 heavy (non-hydrogen) atoms. The molecule has 0 unspecified atom stereocenters. The van der Waals surface area contributed by atoms with Gasteiger partial charge in [0.1, 0.15) is 29.0 Å². The number of amides is 2. The zero-order chi connectivity index (χ0) is 28.6. The fourth-order valence-corrected chi connectivity index (χ4v) is 6.43. The van der Waals surface area contributed by atoms with E-state index in [9.17, 15) is 19.5 Å². The minimum Gasteiger partial charge on any atom is -0.477 e. The monoisotopic (exact) mass is 603 g/mol. The lowest BCUT2D eigenvalue weighted by molar-refractivity contribution is -0.150. The number of aromatic nitrogens is 2. The van der Waals surface area contributed by atoms with Gasteiger partial charge in [0.15, 0.2) is 5.13 Å². The summed E-state index contributed by atoms with van der Waals surface area (Å²) in [5.41, 5.74) is 9.04. The van der Waals surface area contributed by atoms with Crippen molar-refractivity contribution in [1.82, 2.24) is 34.9 Å². The number of oxime groups is 1. The first-order valence-electron chi connectivity index (χ1n) is 11.9. The minimum absolute atomic E-state index is 0.0290. The number of nitrogens with two attached hydrogens (primary N) is 1. The molecule has 17 heteroatoms. The Morgan fingerprint density at radius 3 is 2.88 bits per heavy atom. The van der Waals surface area contributed by atoms with E-state index in [4.69, 9.17) is 10.6 Å². The summed E-state index contributed by atoms with van der Waals surface area (Å²) in [5, 5.41) is 20.5. The van der Waals surface area contributed by atoms with Crippen LogP contribution in [0, 0.1) is 0 Å². The van der Waals surface area contributed by atoms with E-state index < -0.39 is 29.2 Å². The van der Waals surface area contributed by atoms with Gasteiger partial charge in [0, 0.05) is 36.7 Å². The molecule has 1 saturated heterocycles. The highest BCUT2D eigenvalue weighted by Gasteiger charge is 2.54. The fourth-order valence-electron chi connectivity index (χ4n) is 4.00. The summed E-state index contributed by atoms with van der Waals surface area (Å²) < 4.78 is 4.01. The molecule has 1 fully saturated rings. The molecule has 2 amide bonds. The van der Waals surface area contributed by atoms with Crippen LogP contribution in [0.5, 0.6) is 0 Å². The zero-order valence-corrected chi connectivity index (χ0v) is 23.9. The van der Waals surface area contributed by atoms with Gasteiger partial charge in [-0.15, -0.1) is 11.8 Å². The Labute approximate surface area is 241 Å². The van der Waals surface area contributed by atoms with Gasteiger partial charge >= 0.3 is 5.97 Å². The van der Waals surface area contributed by atoms with Gasteiger partial charge in [0.2, 0.25) is 11.5 Å². The van der Waals surface area contributed by atoms with E-state index in [1.165, 1.54) is 28.4 Å². The number of fused-ring (bicyclic) bond motifs is 2. The van der Waals surface area contributed by atoms with Crippen LogP contribution in [0.3, 0.4) is 0 Å². The van der Waals surface area contributed by atoms with Gasteiger partial charge in [-0.1, -0.05) is 16.9 Å². The summed E-state index contributed by atoms with van der Waals surface area (Å²) in [5.74, 6) is -1.22. The molecule has 0 bridgehead atoms. The Bertz CT molecular complexity index is 1430. The molecule has 4 aliphatic rings. The quantitative estimate of drug-likeness (QED) is 0.180. The lowest BCUT2D eigenvalue weighted by atomic mass is 10.0. The average molecular weight is 604 g/mol. The first kappa shape index (κ1) is 27.6. The number of hydrazine groups is 1. The molecule has 4 aliphatic heterocycles. The summed E-state index contributed by atoms with van der Waals surface area (Å²) in [6, 6.07) is -0.962. The molecule has 0 aliphatic carbocycles. The number of rotatable bonds is 9. The number of β-lactam (4-membered cyclic amide) rings is 1. The summed E-state index contributed by atoms with van der Waals surface area (Å²) in [6.45, 7) is 3.47. The van der Waals surface area contributed by atoms with E-state index in [-0.39, 0.29) is 28.5 Å². The van der Waals surface area contributed by atoms with E-state index in [1.54, 1.807) is 25.3 Å². The van der Waals surface area contributed by atoms with Crippen LogP contribution in [0.4, 0.5) is 5.13 Å². The molecule has 1 aromatic heterocycles. The van der Waals surface area contributed by atoms with Crippen LogP contribution in [-0.2, 0) is 19.2 Å². The Kier molecular flexibility index (Phi) is 7.77. The summed E-state index contributed by atoms with van der Waals surface area (Å²) in [4.78, 5) is 50.7. The number of carboxylic acids is 1. The lowest BCUT2D eigenvalue weighted by Gasteiger charge is -2.49. The standard InChI is InChI=1S/C23H25N9O5S3/c1-11(2)37-28-15(18-26-23(24)40-29-18)19(33)25-16-20(34)32-17(22(35)36)12(10-39-21(16)32)6-9-38-13-4-5-14-30(3)7-8-31(14)27-13/h4-9,11,16,21,27H,10H2,1-3H3,(H,25,33)(H,35,36)(H2,24,26,29)/b9-6+,28-15-/t16-,21+/m1/s1. The van der Waals surface area contributed by atoms with E-state index in [0.717, 1.165) is 22.4 Å². The molecule has 0 spiro atoms. The lowest BCUT2D eigenvalue weighted by Crippen LogP contribution is -2.71. The average Bonchev–Trinajstić information content (AvgIpc) is 3.51. The smallest absolute Gasteiger partial charge is 0.352 e. The van der Waals surface area contributed by atoms with Crippen LogP contribution in [0.1, 0.15) is 19.7 Å². The Hall–Kier alpha value is -3.96. The van der Waals surface area contributed by atoms with Gasteiger partial charge in [0.05, 0.1) is 5.03 Å². The van der Waals surface area contributed by atoms with Crippen molar-refractivity contribution in [2.24, 2.45) is 5.16 Å². The second-order valence-electron chi connectivity index (χ2n) is 8.96. The van der Waals surface area contributed by atoms with Gasteiger partial charge < -0.3 is 25.9 Å². The third-order valence-corrected chi connectivity index (χ3v) is 8.43. The second-order valence-corrected chi connectivity index (χ2v) is 11.8. The molecule has 0 aromatic carbocycles. The molecule has 1 aromatic rings. The largest absolute Gasteiger partial charge is 0.477 e. The Balaban J connectivity index is 1.28. The number of hydrogen-bond donors (Lipinski definition) is 4. The van der Waals surface area contributed by atoms with Crippen LogP contribution in [0.15, 0.2) is 63.3 Å². The van der Waals surface area contributed by atoms with Crippen molar-refractivity contribution in [3.8, 4) is 0 Å². The number of aliphatic carboxylic acids is 1. The molecule has 210 valence electrons. The first-order chi connectivity index (χ1) is 19.1. The third kappa shape index (κ3) is 5.39. The van der Waals surface area contributed by atoms with E-state index in [1.807, 2.05) is 41.5 Å². The van der Waals surface area contributed by atoms with Gasteiger partial charge in [-0.3, -0.25) is 19.9 Å². The number of carbonyl (C=O) groups excluding carboxylic acids is 2. The predicted molar refractivity (Wildman–Crippen MR) is 152 cm³/mol. The SMILES string of the molecule is CC(C)O/N=C(\C(=O)N[C@@H]1C(=O)N2C(C(=O)O)=C(/C=C/SC3=CC=C4N(C)C=CN4N3)CS[C@@H]12)c1nsc(N)n1. The zero-order valence-electron chi connectivity index (χ0n) is 21.5. The number of anilines is 1. The number of carboxylic acid groups (broad SMARTS) is 1. The molecular weight excluding hydrogens is 579 g/mol. The summed E-state index contributed by atoms with van der Waals surface area (Å²) in [6.07, 6.45) is 9.08. The number of nitrogen functional groups attached to an aromatic ring is 1. The molecular formula is C23H25N9O5S3. The maximum Gasteiger partial charge on any atom is 0.352 e. The number of allylic oxidation sites excluding steroid dienone is 3. The Morgan fingerprint density at radius 1 is 1.38 bits per heavy atom. The summed E-state index contributed by atoms with van der Waals surface area (Å²) >= 11 is 3.62. The third-order valence-electron chi connectivity index (χ3n) is 5.84. The maximum absolute atomic E-state index is 13.1. The highest BCUT2D eigenvalue weighted by molar-refractivity contribution is 8.05. The van der Waals surface area contributed by atoms with Crippen molar-refractivity contribution in [3.05, 3.63) is 64.0 Å². The first-order valence-corrected chi connectivity index (χ1v) is 14.6. The van der Waals surface area contributed by atoms with Gasteiger partial charge in [-0.2, -0.15) is 9.36 Å². The van der Waals surface area contributed by atoms with Crippen molar-refractivity contribution >= 4 is 63.7 Å². The molecule has 5 heterocycles. The topological polar surface area (TPSA) is 179 Å². The molecule has 14 nitrogen and oxygen atoms in total. The number of carbonyl (C=O) groups is 3. The van der Waals surface area contributed by atoms with Gasteiger partial charge in [-0.25, -0.2) is 9.80 Å². The van der Waals surface area contributed by atoms with Crippen LogP contribution in [-0.4, -0.2) is 83.1 Å². The number of nitrogens with one attached hydrogen (secondary N) is 2. The van der Waals surface area contributed by atoms with E-state index >= 15 is 0 Å². The van der Waals surface area contributed by atoms with Crippen molar-refractivity contribution in [2.45, 2.75) is 31.4 Å². The van der Waals surface area contributed by atoms with E-state index in [2.05, 4.69) is 25.3 Å². The number of thioether (sulfide) groups is 2. The molecule has 5 N–H and O–H groups in total. The predicted octanol–water partition coefficient (Wildman–Crippen LogP) is 1.15. The summed E-state index contributed by atoms with van der Waals surface area (Å²) in [7, 11) is 1.94. The van der Waals surface area contributed by atoms with Gasteiger partial charge in [-0.05, 0) is 43.1 Å². The minimum atomic E-state index is -1.23. The molecule has 0 radical (unpaired) electrons. The fraction of sp³-hybridized carbons (Fsp3) is 0.304. The molecule has 2 atom stereocenters. The van der Waals surface area contributed by atoms with Crippen LogP contribution in [0.25, 0.3) is 0 Å². The Morgan fingerprint density at radius 2 is 2.17 bits per heavy atom. The van der Waals surface area contributed by atoms with Gasteiger partial charge in [0.25, 0.3) is 11.8 Å². The van der Waals surface area contributed by atoms with Crippen molar-refractivity contribution in [3.63, 3.8) is 0 Å². The highest BCUT2D eigenvalue weighted by atomic mass is 32.2. The number of hydrogen-bond acceptors (Lipinski definition) is 14. The maximum atomic E-state index is 13.1. The van der Waals surface area contributed by atoms with Crippen LogP contribution in [0.2, 0.25) is 0 Å². The van der Waals surface area contributed by atoms with Crippen molar-refractivity contribution < 1.29 is 24.3 Å². The normalized spacial score (nSPS) is 22.1. The van der Waals surface area contributed by atoms with Crippen molar-refractivity contribution in [2.75, 3.05) is 18.5 Å². The van der Waals surface area contributed by atoms with Crippen LogP contribution < -0.4 is 16.5 Å². The van der Waals surface area contributed by atoms with Crippen LogP contribution >= 0.6 is 35.1 Å². The van der Waals surface area contributed by atoms with Crippen molar-refractivity contribution in [1.29, 1.82) is 0 Å².